The van der Waals surface area contributed by atoms with E-state index in [4.69, 9.17) is 16.7 Å². The summed E-state index contributed by atoms with van der Waals surface area (Å²) in [5.74, 6) is 0.789. The van der Waals surface area contributed by atoms with E-state index in [-0.39, 0.29) is 0 Å². The van der Waals surface area contributed by atoms with Crippen LogP contribution in [0.5, 0.6) is 0 Å². The second kappa shape index (κ2) is 7.64. The summed E-state index contributed by atoms with van der Waals surface area (Å²) in [4.78, 5) is 0. The van der Waals surface area contributed by atoms with Crippen molar-refractivity contribution >= 4 is 11.6 Å². The van der Waals surface area contributed by atoms with Crippen LogP contribution in [0.1, 0.15) is 52.4 Å². The molecule has 0 saturated carbocycles. The summed E-state index contributed by atoms with van der Waals surface area (Å²) in [5.41, 5.74) is 0.398. The Balaban J connectivity index is 3.39. The van der Waals surface area contributed by atoms with Crippen molar-refractivity contribution in [3.63, 3.8) is 0 Å². The van der Waals surface area contributed by atoms with Gasteiger partial charge in [-0.15, -0.1) is 11.6 Å². The van der Waals surface area contributed by atoms with Crippen molar-refractivity contribution in [2.75, 3.05) is 12.5 Å². The van der Waals surface area contributed by atoms with Crippen LogP contribution in [0, 0.1) is 5.41 Å². The molecule has 2 heteroatoms. The molecule has 0 aliphatic heterocycles. The van der Waals surface area contributed by atoms with Crippen molar-refractivity contribution in [3.8, 4) is 0 Å². The fourth-order valence-corrected chi connectivity index (χ4v) is 1.75. The van der Waals surface area contributed by atoms with Gasteiger partial charge in [0.2, 0.25) is 0 Å². The third kappa shape index (κ3) is 8.58. The molecule has 0 aromatic carbocycles. The first-order valence-electron chi connectivity index (χ1n) is 5.29. The zero-order valence-corrected chi connectivity index (χ0v) is 9.74. The van der Waals surface area contributed by atoms with Crippen LogP contribution in [-0.4, -0.2) is 17.6 Å². The lowest BCUT2D eigenvalue weighted by molar-refractivity contribution is 0.228. The van der Waals surface area contributed by atoms with Crippen molar-refractivity contribution in [1.82, 2.24) is 0 Å². The lowest BCUT2D eigenvalue weighted by Crippen LogP contribution is -2.11. The molecule has 0 radical (unpaired) electrons. The molecule has 1 nitrogen and oxygen atoms in total. The summed E-state index contributed by atoms with van der Waals surface area (Å²) < 4.78 is 0. The highest BCUT2D eigenvalue weighted by Crippen LogP contribution is 2.28. The summed E-state index contributed by atoms with van der Waals surface area (Å²) in [6.07, 6.45) is 6.96. The van der Waals surface area contributed by atoms with Gasteiger partial charge in [0.1, 0.15) is 0 Å². The first-order chi connectivity index (χ1) is 6.12. The standard InChI is InChI=1S/C11H23ClO/c1-11(2,8-6-10-13)7-4-3-5-9-12/h13H,3-10H2,1-2H3. The second-order valence-electron chi connectivity index (χ2n) is 4.49. The van der Waals surface area contributed by atoms with Crippen molar-refractivity contribution in [1.29, 1.82) is 0 Å². The van der Waals surface area contributed by atoms with Crippen LogP contribution < -0.4 is 0 Å². The Morgan fingerprint density at radius 2 is 1.62 bits per heavy atom. The van der Waals surface area contributed by atoms with Crippen molar-refractivity contribution in [2.45, 2.75) is 52.4 Å². The van der Waals surface area contributed by atoms with Gasteiger partial charge in [-0.05, 0) is 31.1 Å². The Morgan fingerprint density at radius 1 is 1.00 bits per heavy atom. The molecule has 13 heavy (non-hydrogen) atoms. The van der Waals surface area contributed by atoms with Gasteiger partial charge >= 0.3 is 0 Å². The summed E-state index contributed by atoms with van der Waals surface area (Å²) in [7, 11) is 0. The minimum Gasteiger partial charge on any atom is -0.396 e. The molecule has 0 spiro atoms. The molecule has 0 amide bonds. The summed E-state index contributed by atoms with van der Waals surface area (Å²) in [5, 5.41) is 8.72. The van der Waals surface area contributed by atoms with Crippen LogP contribution in [0.15, 0.2) is 0 Å². The third-order valence-electron chi connectivity index (χ3n) is 2.50. The maximum atomic E-state index is 8.72. The zero-order chi connectivity index (χ0) is 10.2. The zero-order valence-electron chi connectivity index (χ0n) is 8.98. The molecule has 0 aliphatic carbocycles. The summed E-state index contributed by atoms with van der Waals surface area (Å²) >= 11 is 5.60. The van der Waals surface area contributed by atoms with Crippen LogP contribution in [-0.2, 0) is 0 Å². The number of aliphatic hydroxyl groups excluding tert-OH is 1. The van der Waals surface area contributed by atoms with Gasteiger partial charge in [-0.25, -0.2) is 0 Å². The Bertz CT molecular complexity index is 113. The summed E-state index contributed by atoms with van der Waals surface area (Å²) in [6, 6.07) is 0. The van der Waals surface area contributed by atoms with Gasteiger partial charge in [-0.3, -0.25) is 0 Å². The number of unbranched alkanes of at least 4 members (excludes halogenated alkanes) is 2. The van der Waals surface area contributed by atoms with Gasteiger partial charge in [0.05, 0.1) is 0 Å². The Labute approximate surface area is 87.5 Å². The van der Waals surface area contributed by atoms with Gasteiger partial charge in [0.15, 0.2) is 0 Å². The Hall–Kier alpha value is 0.250. The molecule has 0 rings (SSSR count). The highest BCUT2D eigenvalue weighted by atomic mass is 35.5. The highest BCUT2D eigenvalue weighted by molar-refractivity contribution is 6.17. The molecule has 0 aromatic heterocycles. The molecule has 0 fully saturated rings. The highest BCUT2D eigenvalue weighted by Gasteiger charge is 2.15. The quantitative estimate of drug-likeness (QED) is 0.476. The van der Waals surface area contributed by atoms with Crippen molar-refractivity contribution in [3.05, 3.63) is 0 Å². The molecular weight excluding hydrogens is 184 g/mol. The van der Waals surface area contributed by atoms with E-state index in [0.29, 0.717) is 12.0 Å². The minimum atomic E-state index is 0.325. The number of hydrogen-bond acceptors (Lipinski definition) is 1. The lowest BCUT2D eigenvalue weighted by atomic mass is 9.83. The molecule has 1 N–H and O–H groups in total. The Morgan fingerprint density at radius 3 is 2.15 bits per heavy atom. The molecule has 0 unspecified atom stereocenters. The molecule has 0 bridgehead atoms. The topological polar surface area (TPSA) is 20.2 Å². The predicted molar refractivity (Wildman–Crippen MR) is 59.3 cm³/mol. The normalized spacial score (nSPS) is 12.0. The van der Waals surface area contributed by atoms with Crippen LogP contribution in [0.25, 0.3) is 0 Å². The van der Waals surface area contributed by atoms with Gasteiger partial charge in [-0.2, -0.15) is 0 Å². The molecule has 0 aliphatic rings. The molecule has 0 aromatic rings. The van der Waals surface area contributed by atoms with E-state index < -0.39 is 0 Å². The van der Waals surface area contributed by atoms with E-state index in [2.05, 4.69) is 13.8 Å². The molecule has 0 saturated heterocycles. The Kier molecular flexibility index (Phi) is 7.78. The van der Waals surface area contributed by atoms with E-state index in [1.54, 1.807) is 0 Å². The van der Waals surface area contributed by atoms with E-state index in [1.165, 1.54) is 19.3 Å². The first-order valence-corrected chi connectivity index (χ1v) is 5.83. The van der Waals surface area contributed by atoms with E-state index in [0.717, 1.165) is 25.1 Å². The van der Waals surface area contributed by atoms with E-state index in [9.17, 15) is 0 Å². The van der Waals surface area contributed by atoms with E-state index in [1.807, 2.05) is 0 Å². The van der Waals surface area contributed by atoms with Crippen LogP contribution in [0.4, 0.5) is 0 Å². The molecule has 0 atom stereocenters. The number of hydrogen-bond donors (Lipinski definition) is 1. The monoisotopic (exact) mass is 206 g/mol. The summed E-state index contributed by atoms with van der Waals surface area (Å²) in [6.45, 7) is 4.89. The van der Waals surface area contributed by atoms with Crippen LogP contribution >= 0.6 is 11.6 Å². The molecular formula is C11H23ClO. The van der Waals surface area contributed by atoms with Gasteiger partial charge < -0.3 is 5.11 Å². The van der Waals surface area contributed by atoms with Crippen LogP contribution in [0.3, 0.4) is 0 Å². The second-order valence-corrected chi connectivity index (χ2v) is 4.87. The van der Waals surface area contributed by atoms with Gasteiger partial charge in [-0.1, -0.05) is 26.7 Å². The fraction of sp³-hybridized carbons (Fsp3) is 1.00. The lowest BCUT2D eigenvalue weighted by Gasteiger charge is -2.24. The average Bonchev–Trinajstić information content (AvgIpc) is 2.09. The third-order valence-corrected chi connectivity index (χ3v) is 2.77. The fourth-order valence-electron chi connectivity index (χ4n) is 1.56. The van der Waals surface area contributed by atoms with Gasteiger partial charge in [0.25, 0.3) is 0 Å². The number of halogens is 1. The number of aliphatic hydroxyl groups is 1. The molecule has 80 valence electrons. The van der Waals surface area contributed by atoms with E-state index >= 15 is 0 Å². The number of rotatable bonds is 8. The average molecular weight is 207 g/mol. The van der Waals surface area contributed by atoms with Crippen LogP contribution in [0.2, 0.25) is 0 Å². The maximum absolute atomic E-state index is 8.72. The van der Waals surface area contributed by atoms with Crippen molar-refractivity contribution < 1.29 is 5.11 Å². The predicted octanol–water partition coefficient (Wildman–Crippen LogP) is 3.58. The number of alkyl halides is 1. The maximum Gasteiger partial charge on any atom is 0.0431 e. The smallest absolute Gasteiger partial charge is 0.0431 e. The van der Waals surface area contributed by atoms with Crippen molar-refractivity contribution in [2.24, 2.45) is 5.41 Å². The molecule has 0 heterocycles. The first kappa shape index (κ1) is 13.2. The van der Waals surface area contributed by atoms with Gasteiger partial charge in [0, 0.05) is 12.5 Å². The largest absolute Gasteiger partial charge is 0.396 e. The minimum absolute atomic E-state index is 0.325. The SMILES string of the molecule is CC(C)(CCCO)CCCCCCl.